The van der Waals surface area contributed by atoms with Crippen molar-refractivity contribution in [3.05, 3.63) is 48.4 Å². The number of pyridine rings is 1. The zero-order chi connectivity index (χ0) is 24.1. The highest BCUT2D eigenvalue weighted by molar-refractivity contribution is 7.91. The maximum atomic E-state index is 13.6. The summed E-state index contributed by atoms with van der Waals surface area (Å²) in [6.45, 7) is 3.56. The Kier molecular flexibility index (Phi) is 5.61. The van der Waals surface area contributed by atoms with Crippen LogP contribution in [0.4, 0.5) is 0 Å². The number of nitrogens with zero attached hydrogens (tertiary/aromatic N) is 4. The fraction of sp³-hybridized carbons (Fsp3) is 0.364. The number of sulfone groups is 1. The summed E-state index contributed by atoms with van der Waals surface area (Å²) in [6, 6.07) is 8.72. The third-order valence-electron chi connectivity index (χ3n) is 6.31. The second-order valence-corrected chi connectivity index (χ2v) is 12.4. The fourth-order valence-corrected chi connectivity index (χ4v) is 6.63. The number of aryl methyl sites for hydroxylation is 1. The van der Waals surface area contributed by atoms with Gasteiger partial charge >= 0.3 is 0 Å². The van der Waals surface area contributed by atoms with Gasteiger partial charge in [-0.25, -0.2) is 36.2 Å². The zero-order valence-corrected chi connectivity index (χ0v) is 20.5. The second-order valence-electron chi connectivity index (χ2n) is 8.73. The quantitative estimate of drug-likeness (QED) is 0.412. The molecule has 4 heterocycles. The van der Waals surface area contributed by atoms with Crippen LogP contribution in [0.15, 0.2) is 52.8 Å². The largest absolute Gasteiger partial charge is 0.346 e. The summed E-state index contributed by atoms with van der Waals surface area (Å²) in [6.07, 6.45) is 6.15. The van der Waals surface area contributed by atoms with Crippen molar-refractivity contribution in [3.8, 4) is 0 Å². The minimum atomic E-state index is -3.90. The van der Waals surface area contributed by atoms with Crippen LogP contribution in [-0.4, -0.2) is 62.4 Å². The minimum Gasteiger partial charge on any atom is -0.346 e. The van der Waals surface area contributed by atoms with Crippen molar-refractivity contribution >= 4 is 41.9 Å². The van der Waals surface area contributed by atoms with Gasteiger partial charge < -0.3 is 9.99 Å². The number of aromatic nitrogens is 4. The molecule has 0 unspecified atom stereocenters. The van der Waals surface area contributed by atoms with Crippen LogP contribution in [0.25, 0.3) is 22.1 Å². The molecule has 4 aromatic rings. The van der Waals surface area contributed by atoms with Crippen LogP contribution in [0.2, 0.25) is 0 Å². The van der Waals surface area contributed by atoms with Crippen LogP contribution in [0.1, 0.15) is 18.4 Å². The van der Waals surface area contributed by atoms with E-state index in [-0.39, 0.29) is 15.8 Å². The summed E-state index contributed by atoms with van der Waals surface area (Å²) >= 11 is 0. The SMILES string of the molecule is Cc1ccccc1S(=O)(=O)c1nc2[nH]ccc2c2c1ncn2N1CCC(CNS(C)(=O)=O)CC1. The van der Waals surface area contributed by atoms with Crippen LogP contribution in [0, 0.1) is 12.8 Å². The number of piperidine rings is 1. The minimum absolute atomic E-state index is 0.0715. The smallest absolute Gasteiger partial charge is 0.226 e. The van der Waals surface area contributed by atoms with Crippen LogP contribution in [0.3, 0.4) is 0 Å². The lowest BCUT2D eigenvalue weighted by atomic mass is 9.98. The van der Waals surface area contributed by atoms with Gasteiger partial charge in [0.1, 0.15) is 23.0 Å². The highest BCUT2D eigenvalue weighted by Gasteiger charge is 2.29. The molecule has 0 spiro atoms. The van der Waals surface area contributed by atoms with Gasteiger partial charge in [-0.05, 0) is 43.4 Å². The number of H-pyrrole nitrogens is 1. The number of rotatable bonds is 6. The van der Waals surface area contributed by atoms with Crippen molar-refractivity contribution in [1.29, 1.82) is 0 Å². The molecule has 0 aliphatic carbocycles. The summed E-state index contributed by atoms with van der Waals surface area (Å²) in [5.41, 5.74) is 2.14. The first kappa shape index (κ1) is 22.8. The van der Waals surface area contributed by atoms with E-state index >= 15 is 0 Å². The van der Waals surface area contributed by atoms with Gasteiger partial charge in [-0.15, -0.1) is 0 Å². The fourth-order valence-electron chi connectivity index (χ4n) is 4.52. The molecule has 180 valence electrons. The van der Waals surface area contributed by atoms with Gasteiger partial charge in [-0.2, -0.15) is 0 Å². The van der Waals surface area contributed by atoms with E-state index in [2.05, 4.69) is 24.7 Å². The van der Waals surface area contributed by atoms with Crippen LogP contribution < -0.4 is 9.73 Å². The number of imidazole rings is 1. The monoisotopic (exact) mass is 502 g/mol. The summed E-state index contributed by atoms with van der Waals surface area (Å²) in [5.74, 6) is 0.242. The molecule has 0 saturated carbocycles. The van der Waals surface area contributed by atoms with Crippen molar-refractivity contribution in [2.75, 3.05) is 30.9 Å². The molecule has 12 heteroatoms. The third-order valence-corrected chi connectivity index (χ3v) is 8.84. The molecule has 1 saturated heterocycles. The number of hydrogen-bond acceptors (Lipinski definition) is 7. The van der Waals surface area contributed by atoms with Gasteiger partial charge in [0, 0.05) is 31.2 Å². The average Bonchev–Trinajstić information content (AvgIpc) is 3.44. The zero-order valence-electron chi connectivity index (χ0n) is 18.9. The lowest BCUT2D eigenvalue weighted by Gasteiger charge is -2.34. The van der Waals surface area contributed by atoms with E-state index in [1.807, 2.05) is 10.7 Å². The van der Waals surface area contributed by atoms with E-state index in [4.69, 9.17) is 0 Å². The predicted molar refractivity (Wildman–Crippen MR) is 130 cm³/mol. The maximum Gasteiger partial charge on any atom is 0.226 e. The predicted octanol–water partition coefficient (Wildman–Crippen LogP) is 1.95. The van der Waals surface area contributed by atoms with E-state index in [1.165, 1.54) is 6.26 Å². The molecule has 1 aliphatic heterocycles. The van der Waals surface area contributed by atoms with E-state index in [0.717, 1.165) is 18.2 Å². The lowest BCUT2D eigenvalue weighted by molar-refractivity contribution is 0.365. The Balaban J connectivity index is 1.54. The van der Waals surface area contributed by atoms with E-state index in [0.29, 0.717) is 41.9 Å². The summed E-state index contributed by atoms with van der Waals surface area (Å²) in [4.78, 5) is 12.2. The molecule has 1 aliphatic rings. The highest BCUT2D eigenvalue weighted by Crippen LogP contribution is 2.32. The Bertz CT molecular complexity index is 1580. The second kappa shape index (κ2) is 8.36. The van der Waals surface area contributed by atoms with Crippen molar-refractivity contribution in [2.45, 2.75) is 29.7 Å². The Morgan fingerprint density at radius 3 is 2.56 bits per heavy atom. The number of hydrogen-bond donors (Lipinski definition) is 2. The highest BCUT2D eigenvalue weighted by atomic mass is 32.2. The molecule has 0 amide bonds. The van der Waals surface area contributed by atoms with Crippen LogP contribution in [-0.2, 0) is 19.9 Å². The van der Waals surface area contributed by atoms with E-state index in [1.54, 1.807) is 43.7 Å². The number of fused-ring (bicyclic) bond motifs is 3. The standard InChI is InChI=1S/C22H26N6O4S2/c1-15-5-3-4-6-18(15)34(31,32)22-19-20(17-7-10-23-21(17)26-22)28(14-24-19)27-11-8-16(9-12-27)13-25-33(2,29)30/h3-7,10,14,16,25H,8-9,11-13H2,1-2H3,(H,23,26). The molecular formula is C22H26N6O4S2. The normalized spacial score (nSPS) is 16.0. The summed E-state index contributed by atoms with van der Waals surface area (Å²) < 4.78 is 54.6. The summed E-state index contributed by atoms with van der Waals surface area (Å²) in [7, 11) is -7.12. The molecule has 0 radical (unpaired) electrons. The van der Waals surface area contributed by atoms with E-state index < -0.39 is 19.9 Å². The maximum absolute atomic E-state index is 13.6. The van der Waals surface area contributed by atoms with Gasteiger partial charge in [0.05, 0.1) is 11.2 Å². The first-order valence-electron chi connectivity index (χ1n) is 11.0. The number of nitrogens with one attached hydrogen (secondary N) is 2. The third kappa shape index (κ3) is 4.05. The lowest BCUT2D eigenvalue weighted by Crippen LogP contribution is -2.43. The molecule has 34 heavy (non-hydrogen) atoms. The molecule has 3 aromatic heterocycles. The van der Waals surface area contributed by atoms with Crippen molar-refractivity contribution in [2.24, 2.45) is 5.92 Å². The van der Waals surface area contributed by atoms with Gasteiger partial charge in [0.15, 0.2) is 5.03 Å². The molecular weight excluding hydrogens is 476 g/mol. The molecule has 1 aromatic carbocycles. The molecule has 0 atom stereocenters. The Morgan fingerprint density at radius 1 is 1.12 bits per heavy atom. The molecule has 2 N–H and O–H groups in total. The van der Waals surface area contributed by atoms with Gasteiger partial charge in [0.2, 0.25) is 19.9 Å². The molecule has 0 bridgehead atoms. The van der Waals surface area contributed by atoms with E-state index in [9.17, 15) is 16.8 Å². The topological polar surface area (TPSA) is 130 Å². The number of aromatic amines is 1. The molecule has 10 nitrogen and oxygen atoms in total. The number of sulfonamides is 1. The average molecular weight is 503 g/mol. The number of benzene rings is 1. The molecule has 1 fully saturated rings. The van der Waals surface area contributed by atoms with Gasteiger partial charge in [0.25, 0.3) is 0 Å². The molecule has 5 rings (SSSR count). The van der Waals surface area contributed by atoms with Crippen LogP contribution in [0.5, 0.6) is 0 Å². The van der Waals surface area contributed by atoms with Crippen molar-refractivity contribution < 1.29 is 16.8 Å². The Hall–Kier alpha value is -2.96. The van der Waals surface area contributed by atoms with Crippen LogP contribution >= 0.6 is 0 Å². The van der Waals surface area contributed by atoms with Crippen molar-refractivity contribution in [3.63, 3.8) is 0 Å². The van der Waals surface area contributed by atoms with Crippen molar-refractivity contribution in [1.82, 2.24) is 24.4 Å². The van der Waals surface area contributed by atoms with Gasteiger partial charge in [-0.3, -0.25) is 0 Å². The first-order valence-corrected chi connectivity index (χ1v) is 14.4. The van der Waals surface area contributed by atoms with Gasteiger partial charge in [-0.1, -0.05) is 18.2 Å². The Morgan fingerprint density at radius 2 is 1.85 bits per heavy atom. The Labute approximate surface area is 197 Å². The first-order chi connectivity index (χ1) is 16.1. The summed E-state index contributed by atoms with van der Waals surface area (Å²) in [5, 5.41) is 2.83.